The average molecular weight is 556 g/mol. The molecule has 214 valence electrons. The number of aliphatic hydroxyl groups excluding tert-OH is 1. The summed E-state index contributed by atoms with van der Waals surface area (Å²) in [5.41, 5.74) is 3.23. The molecule has 1 saturated heterocycles. The van der Waals surface area contributed by atoms with Crippen molar-refractivity contribution in [2.75, 3.05) is 19.8 Å². The fourth-order valence-electron chi connectivity index (χ4n) is 5.49. The van der Waals surface area contributed by atoms with Gasteiger partial charge in [-0.15, -0.1) is 0 Å². The van der Waals surface area contributed by atoms with Gasteiger partial charge in [-0.1, -0.05) is 49.7 Å². The van der Waals surface area contributed by atoms with Crippen LogP contribution in [-0.4, -0.2) is 47.6 Å². The zero-order chi connectivity index (χ0) is 28.9. The Balaban J connectivity index is 1.58. The van der Waals surface area contributed by atoms with Crippen LogP contribution in [0.4, 0.5) is 0 Å². The molecule has 5 rings (SSSR count). The molecule has 0 radical (unpaired) electrons. The summed E-state index contributed by atoms with van der Waals surface area (Å²) in [4.78, 5) is 28.6. The fraction of sp³-hybridized carbons (Fsp3) is 0.353. The van der Waals surface area contributed by atoms with Crippen LogP contribution in [0.5, 0.6) is 17.2 Å². The number of carbonyl (C=O) groups is 2. The number of nitrogens with zero attached hydrogens (tertiary/aromatic N) is 1. The van der Waals surface area contributed by atoms with E-state index in [1.165, 1.54) is 0 Å². The van der Waals surface area contributed by atoms with Crippen molar-refractivity contribution < 1.29 is 28.9 Å². The van der Waals surface area contributed by atoms with Gasteiger partial charge in [-0.3, -0.25) is 9.59 Å². The molecule has 1 amide bonds. The first kappa shape index (κ1) is 28.3. The van der Waals surface area contributed by atoms with E-state index in [9.17, 15) is 14.7 Å². The summed E-state index contributed by atoms with van der Waals surface area (Å²) < 4.78 is 17.7. The highest BCUT2D eigenvalue weighted by Crippen LogP contribution is 2.43. The number of ether oxygens (including phenoxy) is 3. The minimum absolute atomic E-state index is 0.0426. The van der Waals surface area contributed by atoms with E-state index in [1.54, 1.807) is 11.0 Å². The Hall–Kier alpha value is -4.26. The summed E-state index contributed by atoms with van der Waals surface area (Å²) in [5.74, 6) is 0.392. The number of hydrogen-bond donors (Lipinski definition) is 1. The minimum Gasteiger partial charge on any atom is -0.507 e. The zero-order valence-electron chi connectivity index (χ0n) is 23.9. The summed E-state index contributed by atoms with van der Waals surface area (Å²) in [6, 6.07) is 19.9. The number of hydrogen-bond acceptors (Lipinski definition) is 6. The SMILES string of the molecule is CCCCOc1ccc(C2C(=C(O)c3ccc4c(c3)CC(C)O4)C(=O)C(=O)N2CCc2ccccc2)cc1OCC. The Bertz CT molecular complexity index is 1450. The topological polar surface area (TPSA) is 85.3 Å². The predicted molar refractivity (Wildman–Crippen MR) is 157 cm³/mol. The lowest BCUT2D eigenvalue weighted by Gasteiger charge is -2.26. The molecule has 2 aliphatic rings. The Morgan fingerprint density at radius 2 is 1.80 bits per heavy atom. The number of ketones is 1. The lowest BCUT2D eigenvalue weighted by atomic mass is 9.94. The monoisotopic (exact) mass is 555 g/mol. The van der Waals surface area contributed by atoms with Gasteiger partial charge in [0, 0.05) is 18.5 Å². The first-order valence-corrected chi connectivity index (χ1v) is 14.4. The number of carbonyl (C=O) groups excluding carboxylic acids is 2. The number of amides is 1. The van der Waals surface area contributed by atoms with Crippen molar-refractivity contribution in [2.45, 2.75) is 58.6 Å². The van der Waals surface area contributed by atoms with Gasteiger partial charge in [0.2, 0.25) is 0 Å². The number of unbranched alkanes of at least 4 members (excludes halogenated alkanes) is 1. The van der Waals surface area contributed by atoms with Crippen molar-refractivity contribution in [3.8, 4) is 17.2 Å². The maximum Gasteiger partial charge on any atom is 0.295 e. The average Bonchev–Trinajstić information content (AvgIpc) is 3.48. The van der Waals surface area contributed by atoms with Crippen molar-refractivity contribution in [3.63, 3.8) is 0 Å². The number of Topliss-reactive ketones (excluding diaryl/α,β-unsaturated/α-hetero) is 1. The molecule has 2 atom stereocenters. The van der Waals surface area contributed by atoms with E-state index in [0.29, 0.717) is 55.2 Å². The molecule has 7 heteroatoms. The molecule has 2 unspecified atom stereocenters. The van der Waals surface area contributed by atoms with Crippen molar-refractivity contribution in [3.05, 3.63) is 94.6 Å². The summed E-state index contributed by atoms with van der Waals surface area (Å²) in [6.07, 6.45) is 3.24. The van der Waals surface area contributed by atoms with E-state index in [4.69, 9.17) is 14.2 Å². The highest BCUT2D eigenvalue weighted by Gasteiger charge is 2.46. The van der Waals surface area contributed by atoms with Crippen LogP contribution in [0.15, 0.2) is 72.3 Å². The Morgan fingerprint density at radius 1 is 1.00 bits per heavy atom. The van der Waals surface area contributed by atoms with Crippen LogP contribution in [0.2, 0.25) is 0 Å². The highest BCUT2D eigenvalue weighted by molar-refractivity contribution is 6.46. The third-order valence-electron chi connectivity index (χ3n) is 7.53. The van der Waals surface area contributed by atoms with Crippen LogP contribution in [0, 0.1) is 0 Å². The quantitative estimate of drug-likeness (QED) is 0.130. The highest BCUT2D eigenvalue weighted by atomic mass is 16.5. The molecule has 0 aliphatic carbocycles. The summed E-state index contributed by atoms with van der Waals surface area (Å²) in [6.45, 7) is 7.28. The fourth-order valence-corrected chi connectivity index (χ4v) is 5.49. The van der Waals surface area contributed by atoms with Gasteiger partial charge in [-0.05, 0) is 73.7 Å². The third kappa shape index (κ3) is 5.94. The number of aliphatic hydroxyl groups is 1. The molecule has 0 spiro atoms. The van der Waals surface area contributed by atoms with Crippen molar-refractivity contribution in [1.82, 2.24) is 4.90 Å². The molecule has 2 heterocycles. The van der Waals surface area contributed by atoms with Crippen molar-refractivity contribution >= 4 is 17.4 Å². The van der Waals surface area contributed by atoms with Crippen LogP contribution < -0.4 is 14.2 Å². The van der Waals surface area contributed by atoms with Crippen LogP contribution >= 0.6 is 0 Å². The predicted octanol–water partition coefficient (Wildman–Crippen LogP) is 6.25. The number of benzene rings is 3. The van der Waals surface area contributed by atoms with E-state index < -0.39 is 17.7 Å². The van der Waals surface area contributed by atoms with Crippen LogP contribution in [0.25, 0.3) is 5.76 Å². The lowest BCUT2D eigenvalue weighted by molar-refractivity contribution is -0.139. The molecular weight excluding hydrogens is 518 g/mol. The van der Waals surface area contributed by atoms with E-state index >= 15 is 0 Å². The van der Waals surface area contributed by atoms with Crippen LogP contribution in [-0.2, 0) is 22.4 Å². The maximum absolute atomic E-state index is 13.6. The second-order valence-electron chi connectivity index (χ2n) is 10.5. The molecule has 1 fully saturated rings. The molecule has 0 bridgehead atoms. The molecule has 0 aromatic heterocycles. The molecule has 0 saturated carbocycles. The van der Waals surface area contributed by atoms with E-state index in [0.717, 1.165) is 29.7 Å². The van der Waals surface area contributed by atoms with Crippen LogP contribution in [0.1, 0.15) is 61.9 Å². The first-order chi connectivity index (χ1) is 19.9. The molecule has 7 nitrogen and oxygen atoms in total. The number of rotatable bonds is 11. The maximum atomic E-state index is 13.6. The van der Waals surface area contributed by atoms with Gasteiger partial charge in [0.05, 0.1) is 24.8 Å². The largest absolute Gasteiger partial charge is 0.507 e. The standard InChI is InChI=1S/C34H37NO6/c1-4-6-18-40-28-15-12-24(21-29(28)39-5-2)31-30(32(36)25-13-14-27-26(20-25)19-22(3)41-27)33(37)34(38)35(31)17-16-23-10-8-7-9-11-23/h7-15,20-22,31,36H,4-6,16-19H2,1-3H3. The van der Waals surface area contributed by atoms with Gasteiger partial charge in [-0.2, -0.15) is 0 Å². The van der Waals surface area contributed by atoms with Crippen molar-refractivity contribution in [2.24, 2.45) is 0 Å². The van der Waals surface area contributed by atoms with Crippen molar-refractivity contribution in [1.29, 1.82) is 0 Å². The van der Waals surface area contributed by atoms with Gasteiger partial charge in [0.1, 0.15) is 17.6 Å². The Morgan fingerprint density at radius 3 is 2.56 bits per heavy atom. The smallest absolute Gasteiger partial charge is 0.295 e. The molecule has 3 aromatic rings. The molecule has 41 heavy (non-hydrogen) atoms. The lowest BCUT2D eigenvalue weighted by Crippen LogP contribution is -2.31. The van der Waals surface area contributed by atoms with Crippen LogP contribution in [0.3, 0.4) is 0 Å². The summed E-state index contributed by atoms with van der Waals surface area (Å²) in [5, 5.41) is 11.6. The van der Waals surface area contributed by atoms with Gasteiger partial charge in [0.15, 0.2) is 11.5 Å². The molecule has 2 aliphatic heterocycles. The second kappa shape index (κ2) is 12.5. The Kier molecular flexibility index (Phi) is 8.62. The summed E-state index contributed by atoms with van der Waals surface area (Å²) >= 11 is 0. The molecular formula is C34H37NO6. The zero-order valence-corrected chi connectivity index (χ0v) is 23.9. The molecule has 1 N–H and O–H groups in total. The van der Waals surface area contributed by atoms with E-state index in [-0.39, 0.29) is 17.4 Å². The number of fused-ring (bicyclic) bond motifs is 1. The van der Waals surface area contributed by atoms with E-state index in [2.05, 4.69) is 6.92 Å². The summed E-state index contributed by atoms with van der Waals surface area (Å²) in [7, 11) is 0. The Labute approximate surface area is 241 Å². The van der Waals surface area contributed by atoms with E-state index in [1.807, 2.05) is 74.5 Å². The third-order valence-corrected chi connectivity index (χ3v) is 7.53. The molecule has 3 aromatic carbocycles. The van der Waals surface area contributed by atoms with Gasteiger partial charge in [0.25, 0.3) is 11.7 Å². The van der Waals surface area contributed by atoms with Gasteiger partial charge < -0.3 is 24.2 Å². The minimum atomic E-state index is -0.786. The van der Waals surface area contributed by atoms with Gasteiger partial charge in [-0.25, -0.2) is 0 Å². The second-order valence-corrected chi connectivity index (χ2v) is 10.5. The normalized spacial score (nSPS) is 19.2. The van der Waals surface area contributed by atoms with Gasteiger partial charge >= 0.3 is 0 Å². The number of likely N-dealkylation sites (tertiary alicyclic amines) is 1. The first-order valence-electron chi connectivity index (χ1n) is 14.4.